The van der Waals surface area contributed by atoms with Gasteiger partial charge >= 0.3 is 0 Å². The fourth-order valence-corrected chi connectivity index (χ4v) is 4.27. The summed E-state index contributed by atoms with van der Waals surface area (Å²) in [5, 5.41) is 9.69. The second-order valence-corrected chi connectivity index (χ2v) is 7.52. The number of ketones is 1. The van der Waals surface area contributed by atoms with Crippen LogP contribution < -0.4 is 0 Å². The van der Waals surface area contributed by atoms with Crippen LogP contribution in [-0.2, 0) is 12.8 Å². The number of Topliss-reactive ketones (excluding diaryl/α,β-unsaturated/α-hetero) is 1. The van der Waals surface area contributed by atoms with Gasteiger partial charge in [0.2, 0.25) is 0 Å². The molecule has 1 aliphatic carbocycles. The molecule has 7 heteroatoms. The maximum Gasteiger partial charge on any atom is 0.196 e. The van der Waals surface area contributed by atoms with Crippen LogP contribution in [0.2, 0.25) is 10.0 Å². The summed E-state index contributed by atoms with van der Waals surface area (Å²) in [6.07, 6.45) is 5.06. The molecule has 0 unspecified atom stereocenters. The van der Waals surface area contributed by atoms with E-state index >= 15 is 0 Å². The van der Waals surface area contributed by atoms with Crippen molar-refractivity contribution in [1.82, 2.24) is 14.6 Å². The highest BCUT2D eigenvalue weighted by atomic mass is 35.5. The molecule has 0 fully saturated rings. The van der Waals surface area contributed by atoms with E-state index in [1.54, 1.807) is 16.7 Å². The van der Waals surface area contributed by atoms with Crippen LogP contribution in [0.1, 0.15) is 27.9 Å². The van der Waals surface area contributed by atoms with E-state index in [1.807, 2.05) is 12.1 Å². The lowest BCUT2D eigenvalue weighted by molar-refractivity contribution is 0.102. The summed E-state index contributed by atoms with van der Waals surface area (Å²) in [7, 11) is 0. The predicted octanol–water partition coefficient (Wildman–Crippen LogP) is 4.50. The zero-order valence-electron chi connectivity index (χ0n) is 12.6. The van der Waals surface area contributed by atoms with Crippen molar-refractivity contribution in [3.63, 3.8) is 0 Å². The van der Waals surface area contributed by atoms with Crippen molar-refractivity contribution in [3.05, 3.63) is 57.2 Å². The minimum Gasteiger partial charge on any atom is -0.293 e. The Morgan fingerprint density at radius 2 is 2.00 bits per heavy atom. The SMILES string of the molecule is O=C(CSc1nnc2c(Cl)cc(Cl)cn12)c1ccc2c(c1)CCC2. The molecule has 4 rings (SSSR count). The number of carbonyl (C=O) groups is 1. The number of pyridine rings is 1. The van der Waals surface area contributed by atoms with Gasteiger partial charge in [-0.1, -0.05) is 47.1 Å². The lowest BCUT2D eigenvalue weighted by Crippen LogP contribution is -2.04. The van der Waals surface area contributed by atoms with E-state index in [-0.39, 0.29) is 5.78 Å². The van der Waals surface area contributed by atoms with Crippen LogP contribution in [-0.4, -0.2) is 26.1 Å². The van der Waals surface area contributed by atoms with Crippen LogP contribution in [0.5, 0.6) is 0 Å². The first kappa shape index (κ1) is 15.9. The summed E-state index contributed by atoms with van der Waals surface area (Å²) >= 11 is 13.5. The third-order valence-electron chi connectivity index (χ3n) is 4.15. The lowest BCUT2D eigenvalue weighted by atomic mass is 10.0. The summed E-state index contributed by atoms with van der Waals surface area (Å²) < 4.78 is 1.71. The standard InChI is InChI=1S/C17H13Cl2N3OS/c18-13-7-14(19)16-20-21-17(22(16)8-13)24-9-15(23)12-5-4-10-2-1-3-11(10)6-12/h4-8H,1-3,9H2. The largest absolute Gasteiger partial charge is 0.293 e. The van der Waals surface area contributed by atoms with Gasteiger partial charge in [-0.15, -0.1) is 10.2 Å². The molecule has 0 bridgehead atoms. The van der Waals surface area contributed by atoms with Crippen molar-refractivity contribution < 1.29 is 4.79 Å². The molecule has 0 radical (unpaired) electrons. The highest BCUT2D eigenvalue weighted by molar-refractivity contribution is 7.99. The Labute approximate surface area is 153 Å². The number of hydrogen-bond acceptors (Lipinski definition) is 4. The summed E-state index contributed by atoms with van der Waals surface area (Å²) in [5.41, 5.74) is 3.96. The van der Waals surface area contributed by atoms with E-state index < -0.39 is 0 Å². The van der Waals surface area contributed by atoms with Crippen molar-refractivity contribution in [2.24, 2.45) is 0 Å². The van der Waals surface area contributed by atoms with Gasteiger partial charge < -0.3 is 0 Å². The molecule has 2 aromatic heterocycles. The van der Waals surface area contributed by atoms with Gasteiger partial charge in [0.25, 0.3) is 0 Å². The Hall–Kier alpha value is -1.56. The van der Waals surface area contributed by atoms with Crippen LogP contribution >= 0.6 is 35.0 Å². The normalized spacial score (nSPS) is 13.4. The second kappa shape index (κ2) is 6.39. The van der Waals surface area contributed by atoms with Crippen LogP contribution in [0.25, 0.3) is 5.65 Å². The van der Waals surface area contributed by atoms with E-state index in [0.29, 0.717) is 26.6 Å². The Balaban J connectivity index is 1.54. The van der Waals surface area contributed by atoms with Crippen molar-refractivity contribution in [1.29, 1.82) is 0 Å². The van der Waals surface area contributed by atoms with Crippen molar-refractivity contribution in [2.75, 3.05) is 5.75 Å². The number of benzene rings is 1. The molecule has 2 heterocycles. The molecule has 1 aliphatic rings. The average Bonchev–Trinajstić information content (AvgIpc) is 3.18. The molecule has 0 atom stereocenters. The van der Waals surface area contributed by atoms with E-state index in [4.69, 9.17) is 23.2 Å². The summed E-state index contributed by atoms with van der Waals surface area (Å²) in [5.74, 6) is 0.378. The molecule has 122 valence electrons. The number of fused-ring (bicyclic) bond motifs is 2. The maximum absolute atomic E-state index is 12.5. The smallest absolute Gasteiger partial charge is 0.196 e. The Bertz CT molecular complexity index is 954. The molecular formula is C17H13Cl2N3OS. The van der Waals surface area contributed by atoms with E-state index in [0.717, 1.165) is 18.4 Å². The molecule has 0 spiro atoms. The number of aromatic nitrogens is 3. The first-order valence-electron chi connectivity index (χ1n) is 7.59. The van der Waals surface area contributed by atoms with Crippen molar-refractivity contribution in [2.45, 2.75) is 24.4 Å². The molecule has 0 aliphatic heterocycles. The molecule has 3 aromatic rings. The van der Waals surface area contributed by atoms with E-state index in [9.17, 15) is 4.79 Å². The third-order valence-corrected chi connectivity index (χ3v) is 5.58. The Kier molecular flexibility index (Phi) is 4.24. The van der Waals surface area contributed by atoms with Crippen LogP contribution in [0.4, 0.5) is 0 Å². The zero-order valence-corrected chi connectivity index (χ0v) is 15.0. The van der Waals surface area contributed by atoms with Crippen molar-refractivity contribution >= 4 is 46.4 Å². The topological polar surface area (TPSA) is 47.3 Å². The van der Waals surface area contributed by atoms with Crippen LogP contribution in [0, 0.1) is 0 Å². The number of rotatable bonds is 4. The second-order valence-electron chi connectivity index (χ2n) is 5.73. The highest BCUT2D eigenvalue weighted by Crippen LogP contribution is 2.27. The zero-order chi connectivity index (χ0) is 16.7. The summed E-state index contributed by atoms with van der Waals surface area (Å²) in [6.45, 7) is 0. The maximum atomic E-state index is 12.5. The van der Waals surface area contributed by atoms with Gasteiger partial charge in [-0.2, -0.15) is 0 Å². The lowest BCUT2D eigenvalue weighted by Gasteiger charge is -2.04. The molecule has 0 N–H and O–H groups in total. The van der Waals surface area contributed by atoms with Gasteiger partial charge in [-0.05, 0) is 42.5 Å². The van der Waals surface area contributed by atoms with E-state index in [1.165, 1.54) is 29.3 Å². The van der Waals surface area contributed by atoms with Gasteiger partial charge in [0.05, 0.1) is 15.8 Å². The number of halogens is 2. The monoisotopic (exact) mass is 377 g/mol. The first-order chi connectivity index (χ1) is 11.6. The Morgan fingerprint density at radius 1 is 1.17 bits per heavy atom. The third kappa shape index (κ3) is 2.92. The summed E-state index contributed by atoms with van der Waals surface area (Å²) in [4.78, 5) is 12.5. The summed E-state index contributed by atoms with van der Waals surface area (Å²) in [6, 6.07) is 7.65. The fraction of sp³-hybridized carbons (Fsp3) is 0.235. The Morgan fingerprint density at radius 3 is 2.88 bits per heavy atom. The number of carbonyl (C=O) groups excluding carboxylic acids is 1. The number of hydrogen-bond donors (Lipinski definition) is 0. The number of thioether (sulfide) groups is 1. The molecule has 4 nitrogen and oxygen atoms in total. The molecule has 0 saturated carbocycles. The minimum absolute atomic E-state index is 0.0829. The van der Waals surface area contributed by atoms with Gasteiger partial charge in [-0.25, -0.2) is 0 Å². The molecule has 1 aromatic carbocycles. The molecule has 24 heavy (non-hydrogen) atoms. The molecule has 0 saturated heterocycles. The van der Waals surface area contributed by atoms with Crippen LogP contribution in [0.3, 0.4) is 0 Å². The number of aryl methyl sites for hydroxylation is 2. The van der Waals surface area contributed by atoms with E-state index in [2.05, 4.69) is 16.3 Å². The quantitative estimate of drug-likeness (QED) is 0.496. The molecular weight excluding hydrogens is 365 g/mol. The first-order valence-corrected chi connectivity index (χ1v) is 9.33. The highest BCUT2D eigenvalue weighted by Gasteiger charge is 2.16. The molecule has 0 amide bonds. The van der Waals surface area contributed by atoms with Gasteiger partial charge in [-0.3, -0.25) is 9.20 Å². The average molecular weight is 378 g/mol. The van der Waals surface area contributed by atoms with Gasteiger partial charge in [0.1, 0.15) is 0 Å². The van der Waals surface area contributed by atoms with Gasteiger partial charge in [0.15, 0.2) is 16.6 Å². The fourth-order valence-electron chi connectivity index (χ4n) is 2.96. The van der Waals surface area contributed by atoms with Gasteiger partial charge in [0, 0.05) is 11.8 Å². The minimum atomic E-state index is 0.0829. The predicted molar refractivity (Wildman–Crippen MR) is 96.5 cm³/mol. The van der Waals surface area contributed by atoms with Crippen LogP contribution in [0.15, 0.2) is 35.6 Å². The number of nitrogens with zero attached hydrogens (tertiary/aromatic N) is 3. The van der Waals surface area contributed by atoms with Crippen molar-refractivity contribution in [3.8, 4) is 0 Å².